The quantitative estimate of drug-likeness (QED) is 0.562. The van der Waals surface area contributed by atoms with Crippen LogP contribution in [0, 0.1) is 11.5 Å². The van der Waals surface area contributed by atoms with Gasteiger partial charge in [-0.05, 0) is 11.5 Å². The lowest BCUT2D eigenvalue weighted by atomic mass is 10.1. The Morgan fingerprint density at radius 1 is 1.12 bits per heavy atom. The molecule has 0 saturated heterocycles. The van der Waals surface area contributed by atoms with Crippen LogP contribution in [0.2, 0.25) is 0 Å². The molecular weight excluding hydrogens is 202 g/mol. The van der Waals surface area contributed by atoms with E-state index in [9.17, 15) is 4.79 Å². The lowest BCUT2D eigenvalue weighted by molar-refractivity contribution is 0.255. The maximum absolute atomic E-state index is 11.2. The maximum atomic E-state index is 11.2. The molecule has 0 spiro atoms. The molecule has 4 heteroatoms. The Balaban J connectivity index is 2.38. The van der Waals surface area contributed by atoms with Gasteiger partial charge in [0.25, 0.3) is 0 Å². The average Bonchev–Trinajstić information content (AvgIpc) is 2.30. The van der Waals surface area contributed by atoms with Gasteiger partial charge in [0.1, 0.15) is 0 Å². The third kappa shape index (κ3) is 1.93. The lowest BCUT2D eigenvalue weighted by Gasteiger charge is -2.06. The fourth-order valence-electron chi connectivity index (χ4n) is 1.54. The monoisotopic (exact) mass is 211 g/mol. The second kappa shape index (κ2) is 4.32. The number of hydrogen-bond acceptors (Lipinski definition) is 2. The van der Waals surface area contributed by atoms with Crippen LogP contribution in [0.3, 0.4) is 0 Å². The van der Waals surface area contributed by atoms with E-state index >= 15 is 0 Å². The fraction of sp³-hybridized carbons (Fsp3) is 0. The highest BCUT2D eigenvalue weighted by Crippen LogP contribution is 2.22. The van der Waals surface area contributed by atoms with E-state index in [1.165, 1.54) is 0 Å². The second-order valence-corrected chi connectivity index (χ2v) is 3.22. The molecule has 2 aromatic rings. The van der Waals surface area contributed by atoms with Crippen LogP contribution in [-0.4, -0.2) is 6.03 Å². The average molecular weight is 211 g/mol. The highest BCUT2D eigenvalue weighted by Gasteiger charge is 2.03. The van der Waals surface area contributed by atoms with Crippen molar-refractivity contribution >= 4 is 22.5 Å². The summed E-state index contributed by atoms with van der Waals surface area (Å²) < 4.78 is 0. The van der Waals surface area contributed by atoms with Crippen molar-refractivity contribution in [1.29, 1.82) is 5.26 Å². The summed E-state index contributed by atoms with van der Waals surface area (Å²) in [5, 5.41) is 14.9. The van der Waals surface area contributed by atoms with Gasteiger partial charge < -0.3 is 5.32 Å². The number of benzene rings is 2. The summed E-state index contributed by atoms with van der Waals surface area (Å²) >= 11 is 0. The SMILES string of the molecule is N#CNC(=O)Nc1cccc2ccccc12. The van der Waals surface area contributed by atoms with Crippen LogP contribution in [0.5, 0.6) is 0 Å². The molecule has 0 unspecified atom stereocenters. The Hall–Kier alpha value is -2.54. The van der Waals surface area contributed by atoms with Crippen molar-refractivity contribution in [2.45, 2.75) is 0 Å². The minimum Gasteiger partial charge on any atom is -0.307 e. The summed E-state index contributed by atoms with van der Waals surface area (Å²) in [6.45, 7) is 0. The molecule has 0 fully saturated rings. The largest absolute Gasteiger partial charge is 0.332 e. The number of urea groups is 1. The van der Waals surface area contributed by atoms with E-state index in [0.29, 0.717) is 5.69 Å². The lowest BCUT2D eigenvalue weighted by Crippen LogP contribution is -2.24. The van der Waals surface area contributed by atoms with Gasteiger partial charge in [0.05, 0.1) is 5.69 Å². The first-order chi connectivity index (χ1) is 7.81. The minimum atomic E-state index is -0.529. The Kier molecular flexibility index (Phi) is 2.70. The minimum absolute atomic E-state index is 0.529. The Morgan fingerprint density at radius 3 is 2.69 bits per heavy atom. The van der Waals surface area contributed by atoms with Crippen LogP contribution in [-0.2, 0) is 0 Å². The molecule has 0 aliphatic rings. The van der Waals surface area contributed by atoms with Crippen LogP contribution in [0.4, 0.5) is 10.5 Å². The number of amides is 2. The van der Waals surface area contributed by atoms with E-state index < -0.39 is 6.03 Å². The third-order valence-electron chi connectivity index (χ3n) is 2.21. The van der Waals surface area contributed by atoms with E-state index in [0.717, 1.165) is 10.8 Å². The van der Waals surface area contributed by atoms with Crippen LogP contribution in [0.1, 0.15) is 0 Å². The van der Waals surface area contributed by atoms with Crippen molar-refractivity contribution in [3.8, 4) is 6.19 Å². The summed E-state index contributed by atoms with van der Waals surface area (Å²) in [5.41, 5.74) is 0.686. The molecule has 16 heavy (non-hydrogen) atoms. The normalized spacial score (nSPS) is 9.44. The number of carbonyl (C=O) groups excluding carboxylic acids is 1. The first kappa shape index (κ1) is 9.99. The van der Waals surface area contributed by atoms with Crippen LogP contribution in [0.15, 0.2) is 42.5 Å². The van der Waals surface area contributed by atoms with E-state index in [2.05, 4.69) is 5.32 Å². The van der Waals surface area contributed by atoms with E-state index in [-0.39, 0.29) is 0 Å². The summed E-state index contributed by atoms with van der Waals surface area (Å²) in [5.74, 6) is 0. The van der Waals surface area contributed by atoms with Gasteiger partial charge >= 0.3 is 6.03 Å². The van der Waals surface area contributed by atoms with Gasteiger partial charge in [-0.15, -0.1) is 0 Å². The first-order valence-electron chi connectivity index (χ1n) is 4.75. The van der Waals surface area contributed by atoms with Gasteiger partial charge in [0.15, 0.2) is 6.19 Å². The van der Waals surface area contributed by atoms with E-state index in [4.69, 9.17) is 5.26 Å². The number of rotatable bonds is 1. The van der Waals surface area contributed by atoms with Gasteiger partial charge in [-0.25, -0.2) is 10.1 Å². The topological polar surface area (TPSA) is 64.9 Å². The highest BCUT2D eigenvalue weighted by molar-refractivity contribution is 6.01. The number of anilines is 1. The maximum Gasteiger partial charge on any atom is 0.332 e. The van der Waals surface area contributed by atoms with Crippen molar-refractivity contribution in [3.05, 3.63) is 42.5 Å². The zero-order valence-electron chi connectivity index (χ0n) is 8.40. The molecule has 2 rings (SSSR count). The van der Waals surface area contributed by atoms with E-state index in [1.807, 2.05) is 41.7 Å². The molecule has 0 radical (unpaired) electrons. The Labute approximate surface area is 92.5 Å². The summed E-state index contributed by atoms with van der Waals surface area (Å²) in [6, 6.07) is 12.8. The van der Waals surface area contributed by atoms with Gasteiger partial charge in [-0.3, -0.25) is 0 Å². The van der Waals surface area contributed by atoms with Crippen molar-refractivity contribution in [1.82, 2.24) is 5.32 Å². The number of nitrogens with one attached hydrogen (secondary N) is 2. The summed E-state index contributed by atoms with van der Waals surface area (Å²) in [7, 11) is 0. The number of nitriles is 1. The van der Waals surface area contributed by atoms with Crippen molar-refractivity contribution in [2.75, 3.05) is 5.32 Å². The highest BCUT2D eigenvalue weighted by atomic mass is 16.2. The van der Waals surface area contributed by atoms with Gasteiger partial charge in [-0.1, -0.05) is 36.4 Å². The van der Waals surface area contributed by atoms with Crippen LogP contribution in [0.25, 0.3) is 10.8 Å². The molecule has 78 valence electrons. The number of fused-ring (bicyclic) bond motifs is 1. The first-order valence-corrected chi connectivity index (χ1v) is 4.75. The summed E-state index contributed by atoms with van der Waals surface area (Å²) in [4.78, 5) is 11.2. The molecular formula is C12H9N3O. The van der Waals surface area contributed by atoms with Gasteiger partial charge in [0, 0.05) is 5.39 Å². The Bertz CT molecular complexity index is 566. The fourth-order valence-corrected chi connectivity index (χ4v) is 1.54. The molecule has 2 amide bonds. The van der Waals surface area contributed by atoms with Crippen molar-refractivity contribution in [3.63, 3.8) is 0 Å². The molecule has 2 aromatic carbocycles. The van der Waals surface area contributed by atoms with Crippen LogP contribution >= 0.6 is 0 Å². The third-order valence-corrected chi connectivity index (χ3v) is 2.21. The zero-order valence-corrected chi connectivity index (χ0v) is 8.40. The zero-order chi connectivity index (χ0) is 11.4. The van der Waals surface area contributed by atoms with E-state index in [1.54, 1.807) is 12.3 Å². The van der Waals surface area contributed by atoms with Gasteiger partial charge in [-0.2, -0.15) is 5.26 Å². The predicted octanol–water partition coefficient (Wildman–Crippen LogP) is 2.44. The summed E-state index contributed by atoms with van der Waals surface area (Å²) in [6.07, 6.45) is 1.57. The second-order valence-electron chi connectivity index (χ2n) is 3.22. The molecule has 0 atom stereocenters. The number of hydrogen-bond donors (Lipinski definition) is 2. The van der Waals surface area contributed by atoms with Crippen molar-refractivity contribution < 1.29 is 4.79 Å². The molecule has 0 saturated carbocycles. The smallest absolute Gasteiger partial charge is 0.307 e. The molecule has 0 heterocycles. The molecule has 4 nitrogen and oxygen atoms in total. The predicted molar refractivity (Wildman–Crippen MR) is 61.7 cm³/mol. The van der Waals surface area contributed by atoms with Gasteiger partial charge in [0.2, 0.25) is 0 Å². The number of nitrogens with zero attached hydrogens (tertiary/aromatic N) is 1. The van der Waals surface area contributed by atoms with Crippen molar-refractivity contribution in [2.24, 2.45) is 0 Å². The Morgan fingerprint density at radius 2 is 1.88 bits per heavy atom. The molecule has 0 aliphatic carbocycles. The molecule has 0 aliphatic heterocycles. The molecule has 2 N–H and O–H groups in total. The van der Waals surface area contributed by atoms with Crippen LogP contribution < -0.4 is 10.6 Å². The standard InChI is InChI=1S/C12H9N3O/c13-8-14-12(16)15-11-7-3-5-9-4-1-2-6-10(9)11/h1-7H,(H2,14,15,16). The molecule has 0 bridgehead atoms. The number of carbonyl (C=O) groups is 1. The molecule has 0 aromatic heterocycles.